The Balaban J connectivity index is 1.77. The molecule has 0 bridgehead atoms. The van der Waals surface area contributed by atoms with Crippen LogP contribution in [-0.4, -0.2) is 21.1 Å². The van der Waals surface area contributed by atoms with Crippen molar-refractivity contribution in [2.24, 2.45) is 5.73 Å². The van der Waals surface area contributed by atoms with Gasteiger partial charge in [0.1, 0.15) is 23.7 Å². The lowest BCUT2D eigenvalue weighted by Crippen LogP contribution is -2.06. The second-order valence-corrected chi connectivity index (χ2v) is 7.18. The number of hydrogen-bond acceptors (Lipinski definition) is 5. The summed E-state index contributed by atoms with van der Waals surface area (Å²) in [5.74, 6) is 2.30. The minimum absolute atomic E-state index is 0.470. The molecule has 2 aromatic heterocycles. The zero-order valence-electron chi connectivity index (χ0n) is 16.8. The van der Waals surface area contributed by atoms with E-state index in [4.69, 9.17) is 21.2 Å². The maximum atomic E-state index is 6.25. The molecule has 0 unspecified atom stereocenters. The van der Waals surface area contributed by atoms with Crippen LogP contribution in [0.15, 0.2) is 48.5 Å². The average molecular weight is 390 g/mol. The van der Waals surface area contributed by atoms with Crippen LogP contribution in [-0.2, 0) is 19.6 Å². The van der Waals surface area contributed by atoms with Crippen molar-refractivity contribution in [3.63, 3.8) is 0 Å². The Labute approximate surface area is 170 Å². The van der Waals surface area contributed by atoms with Gasteiger partial charge in [-0.25, -0.2) is 9.97 Å². The van der Waals surface area contributed by atoms with Gasteiger partial charge in [-0.2, -0.15) is 0 Å². The standard InChI is InChI=1S/C23H27N5O/c1-2-20-27-21-22(28(20)13-7-6-12-24)18-14-17(10-11-19(18)26-23(21)25)29-15-16-8-4-3-5-9-16/h3-5,8-11,14H,2,6-7,12-13,15,24H2,1H3,(H2,25,26). The molecule has 0 spiro atoms. The number of fused-ring (bicyclic) bond motifs is 3. The largest absolute Gasteiger partial charge is 0.489 e. The number of aromatic nitrogens is 3. The Bertz CT molecular complexity index is 1120. The number of rotatable bonds is 8. The minimum atomic E-state index is 0.470. The number of aryl methyl sites for hydroxylation is 2. The van der Waals surface area contributed by atoms with Gasteiger partial charge in [0.2, 0.25) is 0 Å². The van der Waals surface area contributed by atoms with E-state index in [1.165, 1.54) is 0 Å². The molecule has 2 heterocycles. The SMILES string of the molecule is CCc1nc2c(N)nc3ccc(OCc4ccccc4)cc3c2n1CCCCN. The van der Waals surface area contributed by atoms with Crippen LogP contribution in [0.3, 0.4) is 0 Å². The molecule has 6 nitrogen and oxygen atoms in total. The third kappa shape index (κ3) is 3.89. The van der Waals surface area contributed by atoms with E-state index < -0.39 is 0 Å². The molecule has 0 saturated heterocycles. The van der Waals surface area contributed by atoms with Gasteiger partial charge >= 0.3 is 0 Å². The lowest BCUT2D eigenvalue weighted by molar-refractivity contribution is 0.306. The highest BCUT2D eigenvalue weighted by molar-refractivity contribution is 6.07. The normalized spacial score (nSPS) is 11.4. The summed E-state index contributed by atoms with van der Waals surface area (Å²) >= 11 is 0. The van der Waals surface area contributed by atoms with E-state index >= 15 is 0 Å². The van der Waals surface area contributed by atoms with Crippen molar-refractivity contribution < 1.29 is 4.74 Å². The van der Waals surface area contributed by atoms with Gasteiger partial charge in [0.15, 0.2) is 5.82 Å². The summed E-state index contributed by atoms with van der Waals surface area (Å²) in [4.78, 5) is 9.36. The smallest absolute Gasteiger partial charge is 0.152 e. The predicted octanol–water partition coefficient (Wildman–Crippen LogP) is 4.05. The van der Waals surface area contributed by atoms with Gasteiger partial charge in [-0.3, -0.25) is 0 Å². The van der Waals surface area contributed by atoms with Crippen molar-refractivity contribution in [2.45, 2.75) is 39.3 Å². The number of unbranched alkanes of at least 4 members (excludes halogenated alkanes) is 1. The third-order valence-electron chi connectivity index (χ3n) is 5.15. The number of pyridine rings is 1. The topological polar surface area (TPSA) is 92.0 Å². The van der Waals surface area contributed by atoms with E-state index in [-0.39, 0.29) is 0 Å². The van der Waals surface area contributed by atoms with Crippen LogP contribution in [0.1, 0.15) is 31.2 Å². The molecule has 0 fully saturated rings. The molecule has 0 atom stereocenters. The molecule has 4 rings (SSSR count). The fraction of sp³-hybridized carbons (Fsp3) is 0.304. The van der Waals surface area contributed by atoms with Crippen molar-refractivity contribution in [1.82, 2.24) is 14.5 Å². The van der Waals surface area contributed by atoms with Gasteiger partial charge in [0, 0.05) is 18.4 Å². The fourth-order valence-electron chi connectivity index (χ4n) is 3.69. The lowest BCUT2D eigenvalue weighted by Gasteiger charge is -2.11. The number of nitrogen functional groups attached to an aromatic ring is 1. The van der Waals surface area contributed by atoms with Crippen LogP contribution in [0.25, 0.3) is 21.9 Å². The van der Waals surface area contributed by atoms with Crippen LogP contribution >= 0.6 is 0 Å². The number of nitrogens with zero attached hydrogens (tertiary/aromatic N) is 3. The first-order valence-corrected chi connectivity index (χ1v) is 10.2. The van der Waals surface area contributed by atoms with Crippen LogP contribution in [0.4, 0.5) is 5.82 Å². The van der Waals surface area contributed by atoms with Gasteiger partial charge in [-0.15, -0.1) is 0 Å². The Morgan fingerprint density at radius 1 is 1.03 bits per heavy atom. The molecule has 0 aliphatic heterocycles. The molecule has 0 radical (unpaired) electrons. The molecular formula is C23H27N5O. The van der Waals surface area contributed by atoms with E-state index in [2.05, 4.69) is 28.6 Å². The van der Waals surface area contributed by atoms with E-state index in [9.17, 15) is 0 Å². The predicted molar refractivity (Wildman–Crippen MR) is 118 cm³/mol. The molecule has 4 N–H and O–H groups in total. The maximum absolute atomic E-state index is 6.25. The van der Waals surface area contributed by atoms with E-state index in [0.29, 0.717) is 19.0 Å². The number of ether oxygens (including phenoxy) is 1. The highest BCUT2D eigenvalue weighted by atomic mass is 16.5. The molecule has 0 saturated carbocycles. The Hall–Kier alpha value is -3.12. The van der Waals surface area contributed by atoms with Gasteiger partial charge in [-0.1, -0.05) is 37.3 Å². The van der Waals surface area contributed by atoms with Crippen LogP contribution in [0.2, 0.25) is 0 Å². The summed E-state index contributed by atoms with van der Waals surface area (Å²) < 4.78 is 8.32. The van der Waals surface area contributed by atoms with Gasteiger partial charge in [0.25, 0.3) is 0 Å². The molecule has 0 amide bonds. The molecule has 150 valence electrons. The third-order valence-corrected chi connectivity index (χ3v) is 5.15. The Morgan fingerprint density at radius 3 is 2.62 bits per heavy atom. The zero-order valence-corrected chi connectivity index (χ0v) is 16.8. The maximum Gasteiger partial charge on any atom is 0.152 e. The summed E-state index contributed by atoms with van der Waals surface area (Å²) in [6.45, 7) is 4.19. The first kappa shape index (κ1) is 19.2. The van der Waals surface area contributed by atoms with Crippen molar-refractivity contribution in [1.29, 1.82) is 0 Å². The highest BCUT2D eigenvalue weighted by Gasteiger charge is 2.17. The highest BCUT2D eigenvalue weighted by Crippen LogP contribution is 2.32. The van der Waals surface area contributed by atoms with Gasteiger partial charge in [0.05, 0.1) is 11.0 Å². The lowest BCUT2D eigenvalue weighted by atomic mass is 10.1. The quantitative estimate of drug-likeness (QED) is 0.444. The Morgan fingerprint density at radius 2 is 1.86 bits per heavy atom. The van der Waals surface area contributed by atoms with E-state index in [1.54, 1.807) is 0 Å². The Kier molecular flexibility index (Phi) is 5.62. The van der Waals surface area contributed by atoms with Crippen molar-refractivity contribution in [3.8, 4) is 5.75 Å². The van der Waals surface area contributed by atoms with Crippen molar-refractivity contribution in [3.05, 3.63) is 59.9 Å². The number of benzene rings is 2. The van der Waals surface area contributed by atoms with Crippen LogP contribution < -0.4 is 16.2 Å². The second kappa shape index (κ2) is 8.49. The van der Waals surface area contributed by atoms with E-state index in [0.717, 1.165) is 64.9 Å². The minimum Gasteiger partial charge on any atom is -0.489 e. The first-order valence-electron chi connectivity index (χ1n) is 10.2. The zero-order chi connectivity index (χ0) is 20.2. The van der Waals surface area contributed by atoms with Gasteiger partial charge in [-0.05, 0) is 43.1 Å². The summed E-state index contributed by atoms with van der Waals surface area (Å²) in [5.41, 5.74) is 15.7. The molecular weight excluding hydrogens is 362 g/mol. The average Bonchev–Trinajstić information content (AvgIpc) is 3.13. The summed E-state index contributed by atoms with van der Waals surface area (Å²) in [6, 6.07) is 16.1. The number of nitrogens with two attached hydrogens (primary N) is 2. The van der Waals surface area contributed by atoms with Crippen LogP contribution in [0, 0.1) is 0 Å². The number of imidazole rings is 1. The molecule has 2 aromatic carbocycles. The molecule has 0 aliphatic rings. The summed E-state index contributed by atoms with van der Waals surface area (Å²) in [7, 11) is 0. The molecule has 0 aliphatic carbocycles. The monoisotopic (exact) mass is 389 g/mol. The molecule has 4 aromatic rings. The van der Waals surface area contributed by atoms with Crippen molar-refractivity contribution >= 4 is 27.8 Å². The number of hydrogen-bond donors (Lipinski definition) is 2. The summed E-state index contributed by atoms with van der Waals surface area (Å²) in [6.07, 6.45) is 2.82. The first-order chi connectivity index (χ1) is 14.2. The number of anilines is 1. The second-order valence-electron chi connectivity index (χ2n) is 7.18. The molecule has 6 heteroatoms. The van der Waals surface area contributed by atoms with Crippen molar-refractivity contribution in [2.75, 3.05) is 12.3 Å². The summed E-state index contributed by atoms with van der Waals surface area (Å²) in [5, 5.41) is 1.01. The molecule has 29 heavy (non-hydrogen) atoms. The van der Waals surface area contributed by atoms with E-state index in [1.807, 2.05) is 36.4 Å². The van der Waals surface area contributed by atoms with Gasteiger partial charge < -0.3 is 20.8 Å². The fourth-order valence-corrected chi connectivity index (χ4v) is 3.69. The van der Waals surface area contributed by atoms with Crippen LogP contribution in [0.5, 0.6) is 5.75 Å².